The van der Waals surface area contributed by atoms with Crippen LogP contribution in [0.4, 0.5) is 19.0 Å². The minimum absolute atomic E-state index is 0.0170. The number of nitrogens with one attached hydrogen (secondary N) is 1. The second-order valence-corrected chi connectivity index (χ2v) is 6.91. The first kappa shape index (κ1) is 19.2. The Bertz CT molecular complexity index is 1010. The fraction of sp³-hybridized carbons (Fsp3) is 0.368. The van der Waals surface area contributed by atoms with E-state index in [2.05, 4.69) is 25.1 Å². The molecule has 0 aromatic carbocycles. The number of halogens is 3. The molecule has 3 heterocycles. The summed E-state index contributed by atoms with van der Waals surface area (Å²) < 4.78 is 42.8. The Labute approximate surface area is 163 Å². The second-order valence-electron chi connectivity index (χ2n) is 6.91. The fourth-order valence-corrected chi connectivity index (χ4v) is 2.82. The molecule has 1 saturated carbocycles. The predicted octanol–water partition coefficient (Wildman–Crippen LogP) is 3.36. The van der Waals surface area contributed by atoms with Gasteiger partial charge < -0.3 is 10.1 Å². The highest BCUT2D eigenvalue weighted by Gasteiger charge is 2.30. The molecule has 1 fully saturated rings. The lowest BCUT2D eigenvalue weighted by Crippen LogP contribution is -2.19. The number of hydrogen-bond donors (Lipinski definition) is 1. The summed E-state index contributed by atoms with van der Waals surface area (Å²) >= 11 is 0. The van der Waals surface area contributed by atoms with Crippen molar-refractivity contribution >= 4 is 22.6 Å². The monoisotopic (exact) mass is 405 g/mol. The average Bonchev–Trinajstić information content (AvgIpc) is 3.45. The van der Waals surface area contributed by atoms with Crippen LogP contribution >= 0.6 is 0 Å². The van der Waals surface area contributed by atoms with Crippen molar-refractivity contribution in [1.29, 1.82) is 0 Å². The summed E-state index contributed by atoms with van der Waals surface area (Å²) in [7, 11) is 0. The number of carbonyl (C=O) groups excluding carboxylic acids is 1. The zero-order chi connectivity index (χ0) is 20.4. The van der Waals surface area contributed by atoms with Gasteiger partial charge in [0.25, 0.3) is 0 Å². The molecule has 3 aromatic heterocycles. The smallest absolute Gasteiger partial charge is 0.422 e. The number of pyridine rings is 2. The Hall–Kier alpha value is -3.17. The van der Waals surface area contributed by atoms with Gasteiger partial charge in [0.15, 0.2) is 6.61 Å². The van der Waals surface area contributed by atoms with Crippen LogP contribution in [-0.4, -0.2) is 38.4 Å². The SMILES string of the molecule is O=C(Nc1nccc2nn(CCc3ccc(OCC(F)(F)F)nc3)cc12)C1CC1. The van der Waals surface area contributed by atoms with Gasteiger partial charge in [-0.3, -0.25) is 9.48 Å². The molecule has 0 aliphatic heterocycles. The van der Waals surface area contributed by atoms with E-state index in [0.29, 0.717) is 18.8 Å². The minimum atomic E-state index is -4.39. The topological polar surface area (TPSA) is 81.9 Å². The third kappa shape index (κ3) is 5.01. The lowest BCUT2D eigenvalue weighted by Gasteiger charge is -2.08. The van der Waals surface area contributed by atoms with Crippen LogP contribution in [0.3, 0.4) is 0 Å². The normalized spacial score (nSPS) is 14.2. The first-order valence-electron chi connectivity index (χ1n) is 9.15. The van der Waals surface area contributed by atoms with Gasteiger partial charge in [-0.1, -0.05) is 6.07 Å². The van der Waals surface area contributed by atoms with Crippen molar-refractivity contribution in [2.45, 2.75) is 32.0 Å². The van der Waals surface area contributed by atoms with E-state index < -0.39 is 12.8 Å². The molecular weight excluding hydrogens is 387 g/mol. The molecule has 0 spiro atoms. The Morgan fingerprint density at radius 3 is 2.76 bits per heavy atom. The van der Waals surface area contributed by atoms with Crippen molar-refractivity contribution in [3.05, 3.63) is 42.4 Å². The summed E-state index contributed by atoms with van der Waals surface area (Å²) in [6, 6.07) is 4.85. The number of amides is 1. The number of aryl methyl sites for hydroxylation is 2. The fourth-order valence-electron chi connectivity index (χ4n) is 2.82. The maximum Gasteiger partial charge on any atom is 0.422 e. The van der Waals surface area contributed by atoms with Gasteiger partial charge in [0.05, 0.1) is 10.9 Å². The first-order valence-corrected chi connectivity index (χ1v) is 9.15. The molecule has 152 valence electrons. The van der Waals surface area contributed by atoms with Crippen LogP contribution in [0.1, 0.15) is 18.4 Å². The van der Waals surface area contributed by atoms with E-state index >= 15 is 0 Å². The molecule has 1 aliphatic carbocycles. The van der Waals surface area contributed by atoms with Crippen molar-refractivity contribution in [3.8, 4) is 5.88 Å². The van der Waals surface area contributed by atoms with Crippen LogP contribution in [0.25, 0.3) is 10.9 Å². The number of aromatic nitrogens is 4. The van der Waals surface area contributed by atoms with Crippen molar-refractivity contribution < 1.29 is 22.7 Å². The highest BCUT2D eigenvalue weighted by Crippen LogP contribution is 2.31. The van der Waals surface area contributed by atoms with E-state index in [1.165, 1.54) is 12.3 Å². The van der Waals surface area contributed by atoms with Gasteiger partial charge in [-0.15, -0.1) is 0 Å². The summed E-state index contributed by atoms with van der Waals surface area (Å²) in [6.45, 7) is -0.831. The van der Waals surface area contributed by atoms with Crippen molar-refractivity contribution in [2.24, 2.45) is 5.92 Å². The molecule has 0 radical (unpaired) electrons. The molecule has 0 bridgehead atoms. The number of ether oxygens (including phenoxy) is 1. The largest absolute Gasteiger partial charge is 0.468 e. The molecular formula is C19H18F3N5O2. The summed E-state index contributed by atoms with van der Waals surface area (Å²) in [5, 5.41) is 8.10. The van der Waals surface area contributed by atoms with Gasteiger partial charge in [-0.05, 0) is 30.9 Å². The molecule has 1 aliphatic rings. The predicted molar refractivity (Wildman–Crippen MR) is 98.4 cm³/mol. The maximum atomic E-state index is 12.2. The first-order chi connectivity index (χ1) is 13.9. The molecule has 10 heteroatoms. The van der Waals surface area contributed by atoms with E-state index in [-0.39, 0.29) is 17.7 Å². The van der Waals surface area contributed by atoms with Gasteiger partial charge in [0.1, 0.15) is 5.82 Å². The maximum absolute atomic E-state index is 12.2. The molecule has 1 amide bonds. The van der Waals surface area contributed by atoms with Gasteiger partial charge in [-0.25, -0.2) is 9.97 Å². The molecule has 0 atom stereocenters. The number of alkyl halides is 3. The van der Waals surface area contributed by atoms with Crippen LogP contribution in [0.5, 0.6) is 5.88 Å². The van der Waals surface area contributed by atoms with E-state index in [9.17, 15) is 18.0 Å². The van der Waals surface area contributed by atoms with Crippen molar-refractivity contribution in [3.63, 3.8) is 0 Å². The van der Waals surface area contributed by atoms with Crippen molar-refractivity contribution in [1.82, 2.24) is 19.7 Å². The zero-order valence-corrected chi connectivity index (χ0v) is 15.3. The van der Waals surface area contributed by atoms with Gasteiger partial charge in [-0.2, -0.15) is 18.3 Å². The number of nitrogens with zero attached hydrogens (tertiary/aromatic N) is 4. The van der Waals surface area contributed by atoms with Gasteiger partial charge >= 0.3 is 6.18 Å². The number of carbonyl (C=O) groups is 1. The van der Waals surface area contributed by atoms with E-state index in [4.69, 9.17) is 0 Å². The Kier molecular flexibility index (Phi) is 5.08. The molecule has 1 N–H and O–H groups in total. The number of hydrogen-bond acceptors (Lipinski definition) is 5. The highest BCUT2D eigenvalue weighted by molar-refractivity contribution is 6.00. The molecule has 3 aromatic rings. The lowest BCUT2D eigenvalue weighted by molar-refractivity contribution is -0.154. The van der Waals surface area contributed by atoms with E-state index in [0.717, 1.165) is 29.3 Å². The molecule has 0 unspecified atom stereocenters. The highest BCUT2D eigenvalue weighted by atomic mass is 19.4. The van der Waals surface area contributed by atoms with Crippen LogP contribution < -0.4 is 10.1 Å². The number of fused-ring (bicyclic) bond motifs is 1. The minimum Gasteiger partial charge on any atom is -0.468 e. The summed E-state index contributed by atoms with van der Waals surface area (Å²) in [4.78, 5) is 20.1. The van der Waals surface area contributed by atoms with Crippen LogP contribution in [0, 0.1) is 5.92 Å². The van der Waals surface area contributed by atoms with Gasteiger partial charge in [0, 0.05) is 37.1 Å². The van der Waals surface area contributed by atoms with Gasteiger partial charge in [0.2, 0.25) is 11.8 Å². The summed E-state index contributed by atoms with van der Waals surface area (Å²) in [5.74, 6) is 0.492. The zero-order valence-electron chi connectivity index (χ0n) is 15.3. The Morgan fingerprint density at radius 1 is 1.24 bits per heavy atom. The summed E-state index contributed by atoms with van der Waals surface area (Å²) in [6.07, 6.45) is 2.92. The quantitative estimate of drug-likeness (QED) is 0.652. The number of anilines is 1. The molecule has 4 rings (SSSR count). The van der Waals surface area contributed by atoms with E-state index in [1.54, 1.807) is 23.0 Å². The summed E-state index contributed by atoms with van der Waals surface area (Å²) in [5.41, 5.74) is 1.56. The van der Waals surface area contributed by atoms with Crippen molar-refractivity contribution in [2.75, 3.05) is 11.9 Å². The second kappa shape index (κ2) is 7.69. The van der Waals surface area contributed by atoms with Crippen LogP contribution in [-0.2, 0) is 17.8 Å². The molecule has 29 heavy (non-hydrogen) atoms. The third-order valence-electron chi connectivity index (χ3n) is 4.48. The Balaban J connectivity index is 1.38. The third-order valence-corrected chi connectivity index (χ3v) is 4.48. The lowest BCUT2D eigenvalue weighted by atomic mass is 10.2. The van der Waals surface area contributed by atoms with E-state index in [1.807, 2.05) is 6.20 Å². The molecule has 0 saturated heterocycles. The standard InChI is InChI=1S/C19H18F3N5O2/c20-19(21,22)11-29-16-4-1-12(9-24-16)6-8-27-10-14-15(26-27)5-7-23-17(14)25-18(28)13-2-3-13/h1,4-5,7,9-10,13H,2-3,6,8,11H2,(H,23,25,28). The van der Waals surface area contributed by atoms with Crippen LogP contribution in [0.15, 0.2) is 36.8 Å². The Morgan fingerprint density at radius 2 is 2.07 bits per heavy atom. The van der Waals surface area contributed by atoms with Crippen LogP contribution in [0.2, 0.25) is 0 Å². The average molecular weight is 405 g/mol. The molecule has 7 nitrogen and oxygen atoms in total. The number of rotatable bonds is 7.